The van der Waals surface area contributed by atoms with Crippen LogP contribution >= 0.6 is 0 Å². The van der Waals surface area contributed by atoms with Gasteiger partial charge in [-0.3, -0.25) is 14.4 Å². The average Bonchev–Trinajstić information content (AvgIpc) is 3.82. The third-order valence-electron chi connectivity index (χ3n) is 10.5. The summed E-state index contributed by atoms with van der Waals surface area (Å²) in [5.41, 5.74) is 6.08. The van der Waals surface area contributed by atoms with Crippen LogP contribution in [0.4, 0.5) is 28.4 Å². The molecule has 7 aromatic carbocycles. The lowest BCUT2D eigenvalue weighted by atomic mass is 9.93. The Balaban J connectivity index is 1.01. The molecule has 0 aliphatic carbocycles. The number of amidine groups is 1. The summed E-state index contributed by atoms with van der Waals surface area (Å²) in [5.74, 6) is -0.597. The van der Waals surface area contributed by atoms with Gasteiger partial charge in [0.15, 0.2) is 5.75 Å². The SMILES string of the molecule is COc1ccc(NC(=O)c2cc3ccc4c5ccccc5[nH]c4c3c(N=Nc3ccc(N=C4N/C(=C5/C(=O)Nc6ccccc6C5=O)c5ccccc54)cc3)c2O)cc1. The maximum Gasteiger partial charge on any atom is 0.261 e. The molecule has 0 unspecified atom stereocenters. The first-order valence-corrected chi connectivity index (χ1v) is 18.7. The standard InChI is InChI=1S/C47H31N7O5/c1-59-29-21-19-27(20-22-29)49-46(57)35-24-25-14-23-32-30-8-4-6-12-36(30)50-40(32)38(25)42(44(35)56)54-53-28-17-15-26(16-18-28)48-45-33-10-3-2-9-31(33)41(52-45)39-43(55)34-11-5-7-13-37(34)51-47(39)58/h2-24,50,56H,1H3,(H,48,52)(H,49,57)(H,51,58)/b41-39+,54-53?. The summed E-state index contributed by atoms with van der Waals surface area (Å²) in [5, 5.41) is 33.1. The number of aromatic nitrogens is 1. The highest BCUT2D eigenvalue weighted by atomic mass is 16.5. The number of azo groups is 1. The molecule has 0 fully saturated rings. The molecule has 0 atom stereocenters. The molecule has 10 rings (SSSR count). The number of para-hydroxylation sites is 2. The third-order valence-corrected chi connectivity index (χ3v) is 10.5. The molecular formula is C47H31N7O5. The quantitative estimate of drug-likeness (QED) is 0.0640. The number of aromatic amines is 1. The summed E-state index contributed by atoms with van der Waals surface area (Å²) in [4.78, 5) is 48.8. The van der Waals surface area contributed by atoms with E-state index in [0.717, 1.165) is 27.4 Å². The number of H-pyrrole nitrogens is 1. The molecule has 5 N–H and O–H groups in total. The van der Waals surface area contributed by atoms with Gasteiger partial charge in [0.25, 0.3) is 11.8 Å². The fourth-order valence-corrected chi connectivity index (χ4v) is 7.64. The molecule has 12 heteroatoms. The van der Waals surface area contributed by atoms with Gasteiger partial charge in [-0.1, -0.05) is 66.7 Å². The fraction of sp³-hybridized carbons (Fsp3) is 0.0213. The number of amides is 2. The smallest absolute Gasteiger partial charge is 0.261 e. The maximum atomic E-state index is 13.7. The van der Waals surface area contributed by atoms with Gasteiger partial charge in [-0.2, -0.15) is 5.11 Å². The summed E-state index contributed by atoms with van der Waals surface area (Å²) in [6, 6.07) is 41.7. The molecule has 0 saturated heterocycles. The van der Waals surface area contributed by atoms with Crippen molar-refractivity contribution in [2.24, 2.45) is 15.2 Å². The van der Waals surface area contributed by atoms with Crippen molar-refractivity contribution in [2.45, 2.75) is 0 Å². The maximum absolute atomic E-state index is 13.7. The third kappa shape index (κ3) is 6.03. The lowest BCUT2D eigenvalue weighted by molar-refractivity contribution is -0.112. The Labute approximate surface area is 335 Å². The highest BCUT2D eigenvalue weighted by Gasteiger charge is 2.35. The van der Waals surface area contributed by atoms with Crippen LogP contribution in [-0.2, 0) is 4.79 Å². The fourth-order valence-electron chi connectivity index (χ4n) is 7.64. The number of aromatic hydroxyl groups is 1. The first kappa shape index (κ1) is 35.1. The lowest BCUT2D eigenvalue weighted by Gasteiger charge is -2.19. The Hall–Kier alpha value is -8.38. The van der Waals surface area contributed by atoms with Crippen LogP contribution in [0.2, 0.25) is 0 Å². The summed E-state index contributed by atoms with van der Waals surface area (Å²) in [6.07, 6.45) is 0. The second-order valence-electron chi connectivity index (χ2n) is 14.0. The predicted molar refractivity (Wildman–Crippen MR) is 229 cm³/mol. The molecule has 12 nitrogen and oxygen atoms in total. The zero-order chi connectivity index (χ0) is 40.2. The zero-order valence-electron chi connectivity index (χ0n) is 31.2. The Kier molecular flexibility index (Phi) is 8.30. The molecular weight excluding hydrogens is 743 g/mol. The van der Waals surface area contributed by atoms with Gasteiger partial charge in [0.2, 0.25) is 5.78 Å². The first-order valence-electron chi connectivity index (χ1n) is 18.7. The number of nitrogens with zero attached hydrogens (tertiary/aromatic N) is 3. The number of phenolic OH excluding ortho intramolecular Hbond substituents is 1. The number of carbonyl (C=O) groups is 3. The molecule has 1 aromatic heterocycles. The number of phenols is 1. The van der Waals surface area contributed by atoms with Gasteiger partial charge in [-0.25, -0.2) is 4.99 Å². The molecule has 2 amide bonds. The normalized spacial score (nSPS) is 15.4. The number of hydrogen-bond acceptors (Lipinski definition) is 8. The van der Waals surface area contributed by atoms with E-state index in [4.69, 9.17) is 9.73 Å². The minimum Gasteiger partial charge on any atom is -0.505 e. The molecule has 2 aliphatic rings. The number of methoxy groups -OCH3 is 1. The van der Waals surface area contributed by atoms with Gasteiger partial charge in [0, 0.05) is 44.1 Å². The lowest BCUT2D eigenvalue weighted by Crippen LogP contribution is -2.30. The van der Waals surface area contributed by atoms with Gasteiger partial charge >= 0.3 is 0 Å². The van der Waals surface area contributed by atoms with E-state index in [1.54, 1.807) is 86.0 Å². The van der Waals surface area contributed by atoms with Crippen molar-refractivity contribution >= 4 is 90.1 Å². The van der Waals surface area contributed by atoms with E-state index >= 15 is 0 Å². The predicted octanol–water partition coefficient (Wildman–Crippen LogP) is 10.1. The number of ketones is 1. The second-order valence-corrected chi connectivity index (χ2v) is 14.0. The van der Waals surface area contributed by atoms with E-state index < -0.39 is 11.8 Å². The largest absolute Gasteiger partial charge is 0.505 e. The number of benzene rings is 7. The Morgan fingerprint density at radius 3 is 2.22 bits per heavy atom. The van der Waals surface area contributed by atoms with Gasteiger partial charge < -0.3 is 30.8 Å². The van der Waals surface area contributed by atoms with Crippen LogP contribution < -0.4 is 20.7 Å². The molecule has 0 radical (unpaired) electrons. The number of hydrogen-bond donors (Lipinski definition) is 5. The summed E-state index contributed by atoms with van der Waals surface area (Å²) < 4.78 is 5.24. The van der Waals surface area contributed by atoms with E-state index in [0.29, 0.717) is 61.9 Å². The van der Waals surface area contributed by atoms with E-state index in [1.165, 1.54) is 0 Å². The number of carbonyl (C=O) groups excluding carboxylic acids is 3. The van der Waals surface area contributed by atoms with Crippen molar-refractivity contribution in [3.63, 3.8) is 0 Å². The van der Waals surface area contributed by atoms with Crippen molar-refractivity contribution in [3.8, 4) is 11.5 Å². The highest BCUT2D eigenvalue weighted by molar-refractivity contribution is 6.38. The molecule has 2 aliphatic heterocycles. The van der Waals surface area contributed by atoms with Gasteiger partial charge in [0.1, 0.15) is 22.8 Å². The molecule has 284 valence electrons. The van der Waals surface area contributed by atoms with Crippen molar-refractivity contribution in [1.82, 2.24) is 10.3 Å². The number of rotatable bonds is 6. The number of ether oxygens (including phenoxy) is 1. The Bertz CT molecular complexity index is 3180. The summed E-state index contributed by atoms with van der Waals surface area (Å²) in [6.45, 7) is 0. The summed E-state index contributed by atoms with van der Waals surface area (Å²) >= 11 is 0. The molecule has 0 bridgehead atoms. The van der Waals surface area contributed by atoms with Crippen LogP contribution in [0.5, 0.6) is 11.5 Å². The summed E-state index contributed by atoms with van der Waals surface area (Å²) in [7, 11) is 1.56. The Morgan fingerprint density at radius 1 is 0.712 bits per heavy atom. The number of fused-ring (bicyclic) bond motifs is 7. The van der Waals surface area contributed by atoms with Crippen LogP contribution in [0.25, 0.3) is 38.3 Å². The molecule has 3 heterocycles. The van der Waals surface area contributed by atoms with Crippen LogP contribution in [0.1, 0.15) is 31.8 Å². The number of aliphatic imine (C=N–C) groups is 1. The van der Waals surface area contributed by atoms with Crippen molar-refractivity contribution in [2.75, 3.05) is 17.7 Å². The molecule has 0 saturated carbocycles. The van der Waals surface area contributed by atoms with Crippen LogP contribution in [0, 0.1) is 0 Å². The van der Waals surface area contributed by atoms with Gasteiger partial charge in [0.05, 0.1) is 40.9 Å². The van der Waals surface area contributed by atoms with Crippen LogP contribution in [0.3, 0.4) is 0 Å². The first-order chi connectivity index (χ1) is 28.8. The molecule has 8 aromatic rings. The van der Waals surface area contributed by atoms with E-state index in [1.807, 2.05) is 60.7 Å². The van der Waals surface area contributed by atoms with Crippen molar-refractivity contribution < 1.29 is 24.2 Å². The monoisotopic (exact) mass is 773 g/mol. The highest BCUT2D eigenvalue weighted by Crippen LogP contribution is 2.44. The number of nitrogens with one attached hydrogen (secondary N) is 4. The minimum absolute atomic E-state index is 0.0138. The zero-order valence-corrected chi connectivity index (χ0v) is 31.2. The van der Waals surface area contributed by atoms with E-state index in [2.05, 4.69) is 31.2 Å². The van der Waals surface area contributed by atoms with Crippen LogP contribution in [0.15, 0.2) is 160 Å². The number of Topliss-reactive ketones (excluding diaryl/α,β-unsaturated/α-hetero) is 1. The van der Waals surface area contributed by atoms with E-state index in [-0.39, 0.29) is 28.4 Å². The van der Waals surface area contributed by atoms with Crippen molar-refractivity contribution in [3.05, 3.63) is 167 Å². The van der Waals surface area contributed by atoms with Gasteiger partial charge in [-0.05, 0) is 78.2 Å². The van der Waals surface area contributed by atoms with Crippen LogP contribution in [-0.4, -0.2) is 40.6 Å². The van der Waals surface area contributed by atoms with Gasteiger partial charge in [-0.15, -0.1) is 5.11 Å². The van der Waals surface area contributed by atoms with Crippen molar-refractivity contribution in [1.29, 1.82) is 0 Å². The minimum atomic E-state index is -0.523. The second kappa shape index (κ2) is 14.0. The average molecular weight is 774 g/mol. The number of anilines is 2. The van der Waals surface area contributed by atoms with E-state index in [9.17, 15) is 19.5 Å². The molecule has 0 spiro atoms. The molecule has 59 heavy (non-hydrogen) atoms. The topological polar surface area (TPSA) is 170 Å². The Morgan fingerprint density at radius 2 is 1.42 bits per heavy atom.